The van der Waals surface area contributed by atoms with Crippen molar-refractivity contribution in [1.82, 2.24) is 0 Å². The van der Waals surface area contributed by atoms with E-state index >= 15 is 0 Å². The van der Waals surface area contributed by atoms with Gasteiger partial charge in [0.1, 0.15) is 0 Å². The van der Waals surface area contributed by atoms with Crippen LogP contribution in [0, 0.1) is 0 Å². The molecule has 0 aliphatic heterocycles. The Bertz CT molecular complexity index is 2970. The van der Waals surface area contributed by atoms with Gasteiger partial charge in [-0.25, -0.2) is 0 Å². The molecule has 0 bridgehead atoms. The van der Waals surface area contributed by atoms with Crippen LogP contribution in [0.1, 0.15) is 0 Å². The molecule has 0 amide bonds. The molecule has 0 heterocycles. The number of anilines is 3. The molecule has 59 heavy (non-hydrogen) atoms. The molecule has 10 aromatic rings. The maximum Gasteiger partial charge on any atom is 0.0468 e. The predicted octanol–water partition coefficient (Wildman–Crippen LogP) is 16.3. The number of nitrogens with zero attached hydrogens (tertiary/aromatic N) is 1. The van der Waals surface area contributed by atoms with Crippen LogP contribution in [0.4, 0.5) is 17.1 Å². The van der Waals surface area contributed by atoms with Crippen molar-refractivity contribution in [2.75, 3.05) is 4.90 Å². The minimum Gasteiger partial charge on any atom is -0.310 e. The van der Waals surface area contributed by atoms with E-state index in [1.165, 1.54) is 77.5 Å². The Morgan fingerprint density at radius 3 is 1.02 bits per heavy atom. The van der Waals surface area contributed by atoms with Crippen LogP contribution in [0.5, 0.6) is 0 Å². The van der Waals surface area contributed by atoms with Crippen LogP contribution >= 0.6 is 0 Å². The monoisotopic (exact) mass is 751 g/mol. The summed E-state index contributed by atoms with van der Waals surface area (Å²) in [7, 11) is 0. The highest BCUT2D eigenvalue weighted by Crippen LogP contribution is 2.42. The lowest BCUT2D eigenvalue weighted by molar-refractivity contribution is 1.28. The average molecular weight is 752 g/mol. The normalized spacial score (nSPS) is 11.1. The molecule has 0 aliphatic carbocycles. The highest BCUT2D eigenvalue weighted by Gasteiger charge is 2.18. The molecule has 1 nitrogen and oxygen atoms in total. The Morgan fingerprint density at radius 1 is 0.186 bits per heavy atom. The largest absolute Gasteiger partial charge is 0.310 e. The van der Waals surface area contributed by atoms with Crippen LogP contribution < -0.4 is 4.90 Å². The van der Waals surface area contributed by atoms with E-state index in [0.29, 0.717) is 0 Å². The number of hydrogen-bond donors (Lipinski definition) is 0. The van der Waals surface area contributed by atoms with E-state index in [-0.39, 0.29) is 0 Å². The molecule has 0 unspecified atom stereocenters. The van der Waals surface area contributed by atoms with Gasteiger partial charge in [-0.1, -0.05) is 206 Å². The van der Waals surface area contributed by atoms with Gasteiger partial charge >= 0.3 is 0 Å². The first-order valence-corrected chi connectivity index (χ1v) is 20.2. The summed E-state index contributed by atoms with van der Waals surface area (Å²) < 4.78 is 0. The van der Waals surface area contributed by atoms with Crippen molar-refractivity contribution in [1.29, 1.82) is 0 Å². The molecule has 0 spiro atoms. The van der Waals surface area contributed by atoms with Gasteiger partial charge in [-0.2, -0.15) is 0 Å². The smallest absolute Gasteiger partial charge is 0.0468 e. The first kappa shape index (κ1) is 35.7. The zero-order valence-electron chi connectivity index (χ0n) is 32.6. The second-order valence-corrected chi connectivity index (χ2v) is 15.0. The summed E-state index contributed by atoms with van der Waals surface area (Å²) in [5.74, 6) is 0. The van der Waals surface area contributed by atoms with E-state index in [9.17, 15) is 0 Å². The summed E-state index contributed by atoms with van der Waals surface area (Å²) in [6.07, 6.45) is 0. The molecule has 0 aliphatic rings. The van der Waals surface area contributed by atoms with Crippen molar-refractivity contribution in [3.05, 3.63) is 249 Å². The van der Waals surface area contributed by atoms with Gasteiger partial charge in [0.2, 0.25) is 0 Å². The third-order valence-corrected chi connectivity index (χ3v) is 11.3. The lowest BCUT2D eigenvalue weighted by Gasteiger charge is -2.27. The second kappa shape index (κ2) is 16.0. The van der Waals surface area contributed by atoms with Gasteiger partial charge in [-0.3, -0.25) is 0 Å². The third kappa shape index (κ3) is 7.46. The molecule has 278 valence electrons. The Labute approximate surface area is 346 Å². The Balaban J connectivity index is 1.09. The van der Waals surface area contributed by atoms with Crippen LogP contribution in [-0.4, -0.2) is 0 Å². The van der Waals surface area contributed by atoms with Crippen LogP contribution in [0.3, 0.4) is 0 Å². The van der Waals surface area contributed by atoms with Gasteiger partial charge < -0.3 is 4.90 Å². The molecule has 1 heteroatoms. The molecule has 0 radical (unpaired) electrons. The van der Waals surface area contributed by atoms with E-state index < -0.39 is 0 Å². The van der Waals surface area contributed by atoms with Crippen molar-refractivity contribution in [3.8, 4) is 66.8 Å². The lowest BCUT2D eigenvalue weighted by atomic mass is 9.91. The molecule has 0 N–H and O–H groups in total. The summed E-state index contributed by atoms with van der Waals surface area (Å²) in [6.45, 7) is 0. The number of hydrogen-bond acceptors (Lipinski definition) is 1. The minimum absolute atomic E-state index is 1.09. The molecular formula is C58H41N. The maximum atomic E-state index is 2.38. The predicted molar refractivity (Wildman–Crippen MR) is 251 cm³/mol. The van der Waals surface area contributed by atoms with Gasteiger partial charge in [0.25, 0.3) is 0 Å². The van der Waals surface area contributed by atoms with E-state index in [0.717, 1.165) is 17.1 Å². The van der Waals surface area contributed by atoms with Crippen LogP contribution in [0.25, 0.3) is 77.5 Å². The number of fused-ring (bicyclic) bond motifs is 1. The number of rotatable bonds is 9. The lowest BCUT2D eigenvalue weighted by Crippen LogP contribution is -2.10. The molecular weight excluding hydrogens is 711 g/mol. The molecule has 0 aromatic heterocycles. The van der Waals surface area contributed by atoms with Crippen LogP contribution in [0.2, 0.25) is 0 Å². The topological polar surface area (TPSA) is 3.24 Å². The van der Waals surface area contributed by atoms with Crippen LogP contribution in [-0.2, 0) is 0 Å². The summed E-state index contributed by atoms with van der Waals surface area (Å²) >= 11 is 0. The quantitative estimate of drug-likeness (QED) is 0.142. The zero-order valence-corrected chi connectivity index (χ0v) is 32.6. The van der Waals surface area contributed by atoms with Gasteiger partial charge in [0, 0.05) is 17.1 Å². The Hall–Kier alpha value is -7.74. The fourth-order valence-electron chi connectivity index (χ4n) is 8.16. The third-order valence-electron chi connectivity index (χ3n) is 11.3. The van der Waals surface area contributed by atoms with Crippen molar-refractivity contribution in [2.24, 2.45) is 0 Å². The van der Waals surface area contributed by atoms with E-state index in [2.05, 4.69) is 254 Å². The number of benzene rings is 10. The first-order chi connectivity index (χ1) is 29.2. The van der Waals surface area contributed by atoms with Crippen molar-refractivity contribution < 1.29 is 0 Å². The highest BCUT2D eigenvalue weighted by atomic mass is 15.1. The van der Waals surface area contributed by atoms with Gasteiger partial charge in [0.05, 0.1) is 0 Å². The molecule has 0 atom stereocenters. The van der Waals surface area contributed by atoms with E-state index in [1.54, 1.807) is 0 Å². The van der Waals surface area contributed by atoms with Gasteiger partial charge in [-0.15, -0.1) is 0 Å². The van der Waals surface area contributed by atoms with Gasteiger partial charge in [-0.05, 0) is 120 Å². The summed E-state index contributed by atoms with van der Waals surface area (Å²) in [4.78, 5) is 2.38. The van der Waals surface area contributed by atoms with Crippen LogP contribution in [0.15, 0.2) is 249 Å². The summed E-state index contributed by atoms with van der Waals surface area (Å²) in [6, 6.07) is 89.9. The Morgan fingerprint density at radius 2 is 0.525 bits per heavy atom. The second-order valence-electron chi connectivity index (χ2n) is 15.0. The van der Waals surface area contributed by atoms with Gasteiger partial charge in [0.15, 0.2) is 0 Å². The zero-order chi connectivity index (χ0) is 39.4. The van der Waals surface area contributed by atoms with E-state index in [1.807, 2.05) is 0 Å². The summed E-state index contributed by atoms with van der Waals surface area (Å²) in [5, 5.41) is 2.49. The molecule has 0 saturated carbocycles. The minimum atomic E-state index is 1.09. The maximum absolute atomic E-state index is 2.38. The first-order valence-electron chi connectivity index (χ1n) is 20.2. The molecule has 10 aromatic carbocycles. The fourth-order valence-corrected chi connectivity index (χ4v) is 8.16. The molecule has 10 rings (SSSR count). The van der Waals surface area contributed by atoms with E-state index in [4.69, 9.17) is 0 Å². The molecule has 0 saturated heterocycles. The fraction of sp³-hybridized carbons (Fsp3) is 0. The van der Waals surface area contributed by atoms with Crippen molar-refractivity contribution in [2.45, 2.75) is 0 Å². The summed E-state index contributed by atoms with van der Waals surface area (Å²) in [5.41, 5.74) is 17.6. The van der Waals surface area contributed by atoms with Crippen molar-refractivity contribution in [3.63, 3.8) is 0 Å². The highest BCUT2D eigenvalue weighted by molar-refractivity contribution is 5.91. The van der Waals surface area contributed by atoms with Crippen molar-refractivity contribution >= 4 is 27.8 Å². The Kier molecular flexibility index (Phi) is 9.68. The average Bonchev–Trinajstić information content (AvgIpc) is 3.33. The molecule has 0 fully saturated rings. The standard InChI is InChI=1S/C58H41N/c1-4-12-42(13-5-1)46-20-25-50(26-21-46)57-39-38-56(41-58(57)51-27-22-47(23-28-51)43-14-6-2-7-15-43)59(54-34-30-48(31-35-54)44-16-8-3-9-17-44)55-36-32-49(33-37-55)53-29-24-45-18-10-11-19-52(45)40-53/h1-41H. The SMILES string of the molecule is c1ccc(-c2ccc(-c3ccc(N(c4ccc(-c5ccccc5)cc4)c4ccc(-c5ccc6ccccc6c5)cc4)cc3-c3ccc(-c4ccccc4)cc3)cc2)cc1.